The van der Waals surface area contributed by atoms with Crippen molar-refractivity contribution in [1.29, 1.82) is 0 Å². The highest BCUT2D eigenvalue weighted by Gasteiger charge is 2.33. The van der Waals surface area contributed by atoms with Crippen molar-refractivity contribution in [1.82, 2.24) is 5.32 Å². The predicted octanol–water partition coefficient (Wildman–Crippen LogP) is 1.25. The minimum atomic E-state index is -0.855. The number of carbonyl (C=O) groups is 1. The summed E-state index contributed by atoms with van der Waals surface area (Å²) in [4.78, 5) is 10.8. The summed E-state index contributed by atoms with van der Waals surface area (Å²) >= 11 is 1.62. The van der Waals surface area contributed by atoms with Crippen LogP contribution in [0.3, 0.4) is 0 Å². The largest absolute Gasteiger partial charge is 0.480 e. The Hall–Kier alpha value is -0.910. The number of hydrogen-bond acceptors (Lipinski definition) is 4. The van der Waals surface area contributed by atoms with Gasteiger partial charge in [-0.05, 0) is 29.3 Å². The molecule has 4 nitrogen and oxygen atoms in total. The number of nitrogens with one attached hydrogen (secondary N) is 1. The molecular weight excluding hydrogens is 214 g/mol. The van der Waals surface area contributed by atoms with Crippen molar-refractivity contribution in [2.75, 3.05) is 6.54 Å². The van der Waals surface area contributed by atoms with Crippen molar-refractivity contribution in [3.63, 3.8) is 0 Å². The molecule has 82 valence electrons. The van der Waals surface area contributed by atoms with E-state index in [9.17, 15) is 4.79 Å². The molecule has 1 saturated heterocycles. The zero-order chi connectivity index (χ0) is 10.8. The predicted molar refractivity (Wildman–Crippen MR) is 57.0 cm³/mol. The molecule has 15 heavy (non-hydrogen) atoms. The molecule has 0 bridgehead atoms. The highest BCUT2D eigenvalue weighted by atomic mass is 32.1. The fraction of sp³-hybridized carbons (Fsp3) is 0.500. The normalized spacial score (nSPS) is 31.4. The summed E-state index contributed by atoms with van der Waals surface area (Å²) in [6, 6.07) is 1.41. The zero-order valence-electron chi connectivity index (χ0n) is 8.34. The van der Waals surface area contributed by atoms with Gasteiger partial charge in [-0.1, -0.05) is 0 Å². The molecule has 2 N–H and O–H groups in total. The van der Waals surface area contributed by atoms with Crippen LogP contribution >= 0.6 is 11.3 Å². The van der Waals surface area contributed by atoms with Crippen molar-refractivity contribution < 1.29 is 14.6 Å². The summed E-state index contributed by atoms with van der Waals surface area (Å²) in [6.45, 7) is 2.34. The summed E-state index contributed by atoms with van der Waals surface area (Å²) < 4.78 is 5.67. The van der Waals surface area contributed by atoms with E-state index < -0.39 is 12.0 Å². The number of hydrogen-bond donors (Lipinski definition) is 2. The number of morpholine rings is 1. The van der Waals surface area contributed by atoms with Crippen molar-refractivity contribution in [2.45, 2.75) is 25.2 Å². The molecule has 0 aliphatic carbocycles. The second kappa shape index (κ2) is 4.30. The number of carboxylic acid groups (broad SMARTS) is 1. The van der Waals surface area contributed by atoms with Crippen LogP contribution in [-0.2, 0) is 9.53 Å². The van der Waals surface area contributed by atoms with E-state index in [-0.39, 0.29) is 12.2 Å². The van der Waals surface area contributed by atoms with E-state index in [0.717, 1.165) is 5.56 Å². The van der Waals surface area contributed by atoms with Crippen LogP contribution in [0.2, 0.25) is 0 Å². The molecule has 5 heteroatoms. The summed E-state index contributed by atoms with van der Waals surface area (Å²) in [5.74, 6) is -0.855. The van der Waals surface area contributed by atoms with Crippen molar-refractivity contribution in [2.24, 2.45) is 0 Å². The molecule has 3 unspecified atom stereocenters. The van der Waals surface area contributed by atoms with Crippen LogP contribution < -0.4 is 5.32 Å². The molecule has 0 amide bonds. The first-order valence-electron chi connectivity index (χ1n) is 4.82. The van der Waals surface area contributed by atoms with Gasteiger partial charge < -0.3 is 9.84 Å². The van der Waals surface area contributed by atoms with Gasteiger partial charge in [-0.15, -0.1) is 0 Å². The van der Waals surface area contributed by atoms with E-state index in [1.165, 1.54) is 0 Å². The minimum absolute atomic E-state index is 0.0261. The highest BCUT2D eigenvalue weighted by Crippen LogP contribution is 2.25. The Balaban J connectivity index is 2.03. The Labute approximate surface area is 91.9 Å². The fourth-order valence-electron chi connectivity index (χ4n) is 1.73. The van der Waals surface area contributed by atoms with Gasteiger partial charge in [0.15, 0.2) is 0 Å². The Morgan fingerprint density at radius 2 is 2.53 bits per heavy atom. The van der Waals surface area contributed by atoms with Crippen molar-refractivity contribution >= 4 is 17.3 Å². The number of ether oxygens (including phenoxy) is 1. The second-order valence-electron chi connectivity index (χ2n) is 3.61. The monoisotopic (exact) mass is 227 g/mol. The first-order chi connectivity index (χ1) is 7.18. The average molecular weight is 227 g/mol. The van der Waals surface area contributed by atoms with Gasteiger partial charge in [-0.3, -0.25) is 10.1 Å². The van der Waals surface area contributed by atoms with Crippen LogP contribution in [0, 0.1) is 0 Å². The first kappa shape index (κ1) is 10.6. The molecule has 0 saturated carbocycles. The van der Waals surface area contributed by atoms with Gasteiger partial charge in [0.2, 0.25) is 0 Å². The van der Waals surface area contributed by atoms with Gasteiger partial charge in [0.25, 0.3) is 0 Å². The third-order valence-electron chi connectivity index (χ3n) is 2.55. The second-order valence-corrected chi connectivity index (χ2v) is 4.39. The molecule has 1 aliphatic heterocycles. The molecule has 3 atom stereocenters. The number of carboxylic acids is 1. The molecule has 0 aromatic carbocycles. The van der Waals surface area contributed by atoms with E-state index >= 15 is 0 Å². The van der Waals surface area contributed by atoms with Crippen LogP contribution in [0.1, 0.15) is 18.6 Å². The van der Waals surface area contributed by atoms with Crippen molar-refractivity contribution in [3.8, 4) is 0 Å². The van der Waals surface area contributed by atoms with Crippen LogP contribution in [0.15, 0.2) is 16.8 Å². The van der Waals surface area contributed by atoms with Gasteiger partial charge in [0, 0.05) is 6.54 Å². The Morgan fingerprint density at radius 3 is 3.07 bits per heavy atom. The standard InChI is InChI=1S/C10H13NO3S/c1-6-9(10(12)13)11-4-8(14-6)7-2-3-15-5-7/h2-3,5-6,8-9,11H,4H2,1H3,(H,12,13). The summed E-state index contributed by atoms with van der Waals surface area (Å²) in [6.07, 6.45) is -0.331. The maximum Gasteiger partial charge on any atom is 0.323 e. The smallest absolute Gasteiger partial charge is 0.323 e. The lowest BCUT2D eigenvalue weighted by molar-refractivity contribution is -0.149. The Morgan fingerprint density at radius 1 is 1.73 bits per heavy atom. The maximum absolute atomic E-state index is 10.8. The minimum Gasteiger partial charge on any atom is -0.480 e. The number of thiophene rings is 1. The van der Waals surface area contributed by atoms with Crippen LogP contribution in [0.5, 0.6) is 0 Å². The molecule has 1 fully saturated rings. The molecule has 0 radical (unpaired) electrons. The zero-order valence-corrected chi connectivity index (χ0v) is 9.16. The van der Waals surface area contributed by atoms with E-state index in [1.54, 1.807) is 18.3 Å². The highest BCUT2D eigenvalue weighted by molar-refractivity contribution is 7.07. The van der Waals surface area contributed by atoms with Crippen LogP contribution in [0.4, 0.5) is 0 Å². The van der Waals surface area contributed by atoms with Gasteiger partial charge in [0.05, 0.1) is 12.2 Å². The van der Waals surface area contributed by atoms with Crippen LogP contribution in [0.25, 0.3) is 0 Å². The van der Waals surface area contributed by atoms with E-state index in [2.05, 4.69) is 5.32 Å². The van der Waals surface area contributed by atoms with Gasteiger partial charge in [-0.25, -0.2) is 0 Å². The average Bonchev–Trinajstić information content (AvgIpc) is 2.69. The van der Waals surface area contributed by atoms with Gasteiger partial charge in [-0.2, -0.15) is 11.3 Å². The quantitative estimate of drug-likeness (QED) is 0.798. The van der Waals surface area contributed by atoms with E-state index in [4.69, 9.17) is 9.84 Å². The lowest BCUT2D eigenvalue weighted by Gasteiger charge is -2.33. The Kier molecular flexibility index (Phi) is 3.04. The lowest BCUT2D eigenvalue weighted by Crippen LogP contribution is -2.52. The third kappa shape index (κ3) is 2.19. The van der Waals surface area contributed by atoms with Gasteiger partial charge in [0.1, 0.15) is 6.04 Å². The molecular formula is C10H13NO3S. The first-order valence-corrected chi connectivity index (χ1v) is 5.76. The molecule has 2 heterocycles. The summed E-state index contributed by atoms with van der Waals surface area (Å²) in [7, 11) is 0. The molecule has 1 aromatic rings. The molecule has 0 spiro atoms. The SMILES string of the molecule is CC1OC(c2ccsc2)CNC1C(=O)O. The Bertz CT molecular complexity index is 338. The van der Waals surface area contributed by atoms with Crippen LogP contribution in [-0.4, -0.2) is 29.8 Å². The van der Waals surface area contributed by atoms with E-state index in [1.807, 2.05) is 16.8 Å². The third-order valence-corrected chi connectivity index (χ3v) is 3.25. The fourth-order valence-corrected chi connectivity index (χ4v) is 2.43. The summed E-state index contributed by atoms with van der Waals surface area (Å²) in [5.41, 5.74) is 1.11. The molecule has 1 aliphatic rings. The maximum atomic E-state index is 10.8. The van der Waals surface area contributed by atoms with Gasteiger partial charge >= 0.3 is 5.97 Å². The number of aliphatic carboxylic acids is 1. The van der Waals surface area contributed by atoms with E-state index in [0.29, 0.717) is 6.54 Å². The van der Waals surface area contributed by atoms with Crippen molar-refractivity contribution in [3.05, 3.63) is 22.4 Å². The summed E-state index contributed by atoms with van der Waals surface area (Å²) in [5, 5.41) is 15.9. The number of rotatable bonds is 2. The lowest BCUT2D eigenvalue weighted by atomic mass is 10.1. The topological polar surface area (TPSA) is 58.6 Å². The molecule has 2 rings (SSSR count). The molecule has 1 aromatic heterocycles.